The van der Waals surface area contributed by atoms with E-state index in [9.17, 15) is 0 Å². The summed E-state index contributed by atoms with van der Waals surface area (Å²) in [5.74, 6) is 0.851. The molecule has 2 aromatic rings. The Balaban J connectivity index is 2.29. The van der Waals surface area contributed by atoms with Crippen LogP contribution in [-0.4, -0.2) is 17.0 Å². The Bertz CT molecular complexity index is 547. The molecule has 0 saturated heterocycles. The van der Waals surface area contributed by atoms with Gasteiger partial charge in [0.2, 0.25) is 0 Å². The molecule has 0 amide bonds. The van der Waals surface area contributed by atoms with Crippen molar-refractivity contribution >= 4 is 33.3 Å². The fourth-order valence-corrected chi connectivity index (χ4v) is 2.33. The van der Waals surface area contributed by atoms with Gasteiger partial charge in [-0.1, -0.05) is 29.8 Å². The van der Waals surface area contributed by atoms with Crippen molar-refractivity contribution in [2.75, 3.05) is 11.9 Å². The molecule has 0 N–H and O–H groups in total. The van der Waals surface area contributed by atoms with Gasteiger partial charge in [-0.25, -0.2) is 9.97 Å². The van der Waals surface area contributed by atoms with Gasteiger partial charge in [0.05, 0.1) is 6.04 Å². The molecule has 0 saturated carbocycles. The summed E-state index contributed by atoms with van der Waals surface area (Å²) in [6, 6.07) is 9.87. The summed E-state index contributed by atoms with van der Waals surface area (Å²) >= 11 is 9.56. The minimum absolute atomic E-state index is 0.139. The van der Waals surface area contributed by atoms with Crippen LogP contribution in [0.5, 0.6) is 0 Å². The Morgan fingerprint density at radius 1 is 1.28 bits per heavy atom. The van der Waals surface area contributed by atoms with Gasteiger partial charge in [0.15, 0.2) is 0 Å². The van der Waals surface area contributed by atoms with E-state index in [4.69, 9.17) is 11.6 Å². The number of hydrogen-bond donors (Lipinski definition) is 0. The third-order valence-corrected chi connectivity index (χ3v) is 3.69. The zero-order valence-corrected chi connectivity index (χ0v) is 12.5. The monoisotopic (exact) mass is 325 g/mol. The molecule has 18 heavy (non-hydrogen) atoms. The summed E-state index contributed by atoms with van der Waals surface area (Å²) in [5.41, 5.74) is 1.08. The van der Waals surface area contributed by atoms with Gasteiger partial charge < -0.3 is 4.90 Å². The molecule has 0 aliphatic heterocycles. The Morgan fingerprint density at radius 3 is 2.67 bits per heavy atom. The number of nitrogens with zero attached hydrogens (tertiary/aromatic N) is 3. The Morgan fingerprint density at radius 2 is 2.00 bits per heavy atom. The minimum Gasteiger partial charge on any atom is -0.353 e. The van der Waals surface area contributed by atoms with E-state index in [1.54, 1.807) is 0 Å². The van der Waals surface area contributed by atoms with Gasteiger partial charge in [0.25, 0.3) is 0 Å². The molecule has 1 unspecified atom stereocenters. The van der Waals surface area contributed by atoms with Crippen molar-refractivity contribution in [1.82, 2.24) is 9.97 Å². The van der Waals surface area contributed by atoms with Crippen LogP contribution in [0.1, 0.15) is 18.5 Å². The maximum Gasteiger partial charge on any atom is 0.133 e. The quantitative estimate of drug-likeness (QED) is 0.796. The lowest BCUT2D eigenvalue weighted by Gasteiger charge is -2.26. The molecule has 3 nitrogen and oxygen atoms in total. The van der Waals surface area contributed by atoms with Crippen LogP contribution in [0.15, 0.2) is 41.3 Å². The van der Waals surface area contributed by atoms with Crippen molar-refractivity contribution in [3.05, 3.63) is 51.8 Å². The lowest BCUT2D eigenvalue weighted by molar-refractivity contribution is 0.726. The predicted octanol–water partition coefficient (Wildman–Crippen LogP) is 4.09. The SMILES string of the molecule is CC(c1ccccc1Cl)N(C)c1cc(Br)ncn1. The topological polar surface area (TPSA) is 29.0 Å². The summed E-state index contributed by atoms with van der Waals surface area (Å²) in [6.45, 7) is 2.09. The zero-order valence-electron chi connectivity index (χ0n) is 10.1. The van der Waals surface area contributed by atoms with E-state index < -0.39 is 0 Å². The maximum atomic E-state index is 6.21. The smallest absolute Gasteiger partial charge is 0.133 e. The molecule has 1 aromatic carbocycles. The van der Waals surface area contributed by atoms with Crippen molar-refractivity contribution in [2.45, 2.75) is 13.0 Å². The number of anilines is 1. The molecule has 0 fully saturated rings. The van der Waals surface area contributed by atoms with E-state index in [-0.39, 0.29) is 6.04 Å². The second-order valence-electron chi connectivity index (χ2n) is 4.01. The third kappa shape index (κ3) is 2.82. The molecule has 1 heterocycles. The van der Waals surface area contributed by atoms with E-state index in [0.717, 1.165) is 21.0 Å². The van der Waals surface area contributed by atoms with Crippen LogP contribution >= 0.6 is 27.5 Å². The van der Waals surface area contributed by atoms with Crippen molar-refractivity contribution in [3.63, 3.8) is 0 Å². The summed E-state index contributed by atoms with van der Waals surface area (Å²) in [5, 5.41) is 0.768. The van der Waals surface area contributed by atoms with E-state index in [1.165, 1.54) is 6.33 Å². The molecule has 5 heteroatoms. The predicted molar refractivity (Wildman–Crippen MR) is 78.0 cm³/mol. The van der Waals surface area contributed by atoms with E-state index in [0.29, 0.717) is 0 Å². The van der Waals surface area contributed by atoms with Crippen LogP contribution in [-0.2, 0) is 0 Å². The summed E-state index contributed by atoms with van der Waals surface area (Å²) in [6.07, 6.45) is 1.54. The highest BCUT2D eigenvalue weighted by Gasteiger charge is 2.16. The summed E-state index contributed by atoms with van der Waals surface area (Å²) in [7, 11) is 1.99. The Hall–Kier alpha value is -1.13. The molecule has 1 atom stereocenters. The van der Waals surface area contributed by atoms with Crippen LogP contribution in [0, 0.1) is 0 Å². The maximum absolute atomic E-state index is 6.21. The first-order valence-electron chi connectivity index (χ1n) is 5.54. The molecule has 94 valence electrons. The van der Waals surface area contributed by atoms with Crippen LogP contribution in [0.3, 0.4) is 0 Å². The lowest BCUT2D eigenvalue weighted by Crippen LogP contribution is -2.22. The lowest BCUT2D eigenvalue weighted by atomic mass is 10.1. The van der Waals surface area contributed by atoms with Crippen LogP contribution < -0.4 is 4.90 Å². The highest BCUT2D eigenvalue weighted by atomic mass is 79.9. The fourth-order valence-electron chi connectivity index (χ4n) is 1.74. The van der Waals surface area contributed by atoms with Gasteiger partial charge in [-0.05, 0) is 34.5 Å². The molecule has 0 aliphatic carbocycles. The number of halogens is 2. The van der Waals surface area contributed by atoms with E-state index in [2.05, 4.69) is 37.7 Å². The molecular weight excluding hydrogens is 314 g/mol. The molecule has 0 bridgehead atoms. The minimum atomic E-state index is 0.139. The molecular formula is C13H13BrClN3. The standard InChI is InChI=1S/C13H13BrClN3/c1-9(10-5-3-4-6-11(10)15)18(2)13-7-12(14)16-8-17-13/h3-9H,1-2H3. The van der Waals surface area contributed by atoms with Crippen molar-refractivity contribution < 1.29 is 0 Å². The van der Waals surface area contributed by atoms with Crippen LogP contribution in [0.2, 0.25) is 5.02 Å². The first-order valence-corrected chi connectivity index (χ1v) is 6.71. The first-order chi connectivity index (χ1) is 8.59. The molecule has 0 aliphatic rings. The van der Waals surface area contributed by atoms with E-state index >= 15 is 0 Å². The summed E-state index contributed by atoms with van der Waals surface area (Å²) in [4.78, 5) is 10.3. The van der Waals surface area contributed by atoms with Crippen molar-refractivity contribution in [3.8, 4) is 0 Å². The van der Waals surface area contributed by atoms with Crippen molar-refractivity contribution in [2.24, 2.45) is 0 Å². The Kier molecular flexibility index (Phi) is 4.19. The average molecular weight is 327 g/mol. The normalized spacial score (nSPS) is 12.2. The Labute approximate surface area is 120 Å². The second-order valence-corrected chi connectivity index (χ2v) is 5.23. The summed E-state index contributed by atoms with van der Waals surface area (Å²) < 4.78 is 0.769. The third-order valence-electron chi connectivity index (χ3n) is 2.92. The number of hydrogen-bond acceptors (Lipinski definition) is 3. The highest BCUT2D eigenvalue weighted by Crippen LogP contribution is 2.29. The van der Waals surface area contributed by atoms with E-state index in [1.807, 2.05) is 37.4 Å². The van der Waals surface area contributed by atoms with Gasteiger partial charge in [-0.15, -0.1) is 0 Å². The van der Waals surface area contributed by atoms with Crippen LogP contribution in [0.25, 0.3) is 0 Å². The van der Waals surface area contributed by atoms with Crippen LogP contribution in [0.4, 0.5) is 5.82 Å². The molecule has 0 spiro atoms. The van der Waals surface area contributed by atoms with Gasteiger partial charge in [0.1, 0.15) is 16.7 Å². The first kappa shape index (κ1) is 13.3. The average Bonchev–Trinajstić information content (AvgIpc) is 2.37. The second kappa shape index (κ2) is 5.67. The van der Waals surface area contributed by atoms with Gasteiger partial charge in [-0.3, -0.25) is 0 Å². The van der Waals surface area contributed by atoms with Gasteiger partial charge in [0, 0.05) is 18.1 Å². The number of rotatable bonds is 3. The van der Waals surface area contributed by atoms with Gasteiger partial charge >= 0.3 is 0 Å². The van der Waals surface area contributed by atoms with Crippen molar-refractivity contribution in [1.29, 1.82) is 0 Å². The zero-order chi connectivity index (χ0) is 13.1. The number of aromatic nitrogens is 2. The highest BCUT2D eigenvalue weighted by molar-refractivity contribution is 9.10. The number of benzene rings is 1. The molecule has 0 radical (unpaired) electrons. The largest absolute Gasteiger partial charge is 0.353 e. The van der Waals surface area contributed by atoms with Gasteiger partial charge in [-0.2, -0.15) is 0 Å². The molecule has 2 rings (SSSR count). The molecule has 1 aromatic heterocycles. The fraction of sp³-hybridized carbons (Fsp3) is 0.231.